The lowest BCUT2D eigenvalue weighted by atomic mass is 9.99. The molecule has 0 saturated carbocycles. The summed E-state index contributed by atoms with van der Waals surface area (Å²) in [5.74, 6) is 0.690. The minimum atomic E-state index is -0.521. The number of rotatable bonds is 7. The van der Waals surface area contributed by atoms with Crippen molar-refractivity contribution in [1.82, 2.24) is 5.32 Å². The van der Waals surface area contributed by atoms with Crippen LogP contribution >= 0.6 is 0 Å². The molecule has 28 heavy (non-hydrogen) atoms. The summed E-state index contributed by atoms with van der Waals surface area (Å²) in [5.41, 5.74) is 2.96. The topological polar surface area (TPSA) is 80.6 Å². The van der Waals surface area contributed by atoms with Crippen molar-refractivity contribution in [3.05, 3.63) is 53.6 Å². The van der Waals surface area contributed by atoms with Crippen LogP contribution in [0.3, 0.4) is 0 Å². The maximum absolute atomic E-state index is 11.8. The molecule has 0 spiro atoms. The third kappa shape index (κ3) is 6.60. The average Bonchev–Trinajstić information content (AvgIpc) is 2.65. The van der Waals surface area contributed by atoms with Crippen molar-refractivity contribution in [3.8, 4) is 22.9 Å². The fraction of sp³-hybridized carbons (Fsp3) is 0.364. The number of nitrogens with zero attached hydrogens (tertiary/aromatic N) is 1. The standard InChI is InChI=1S/C22H26N2O4/c1-22(2,3)28-21(25)24-12-11-16-7-10-20(27-15-26-4)19(13-16)18-8-5-17(14-23)6-9-18/h5-10,13H,11-12,15H2,1-4H3,(H,24,25). The van der Waals surface area contributed by atoms with Gasteiger partial charge in [0.2, 0.25) is 0 Å². The minimum Gasteiger partial charge on any atom is -0.467 e. The monoisotopic (exact) mass is 382 g/mol. The number of methoxy groups -OCH3 is 1. The predicted molar refractivity (Wildman–Crippen MR) is 107 cm³/mol. The first-order valence-electron chi connectivity index (χ1n) is 9.04. The largest absolute Gasteiger partial charge is 0.467 e. The van der Waals surface area contributed by atoms with Crippen LogP contribution in [0.4, 0.5) is 4.79 Å². The number of carbonyl (C=O) groups is 1. The number of hydrogen-bond donors (Lipinski definition) is 1. The average molecular weight is 382 g/mol. The van der Waals surface area contributed by atoms with Gasteiger partial charge in [-0.3, -0.25) is 0 Å². The van der Waals surface area contributed by atoms with Gasteiger partial charge in [0.15, 0.2) is 6.79 Å². The molecule has 0 aromatic heterocycles. The fourth-order valence-electron chi connectivity index (χ4n) is 2.55. The molecule has 2 rings (SSSR count). The molecule has 6 nitrogen and oxygen atoms in total. The van der Waals surface area contributed by atoms with E-state index in [1.807, 2.05) is 51.1 Å². The molecule has 2 aromatic rings. The van der Waals surface area contributed by atoms with E-state index >= 15 is 0 Å². The Hall–Kier alpha value is -3.04. The lowest BCUT2D eigenvalue weighted by Gasteiger charge is -2.19. The number of amides is 1. The summed E-state index contributed by atoms with van der Waals surface area (Å²) in [5, 5.41) is 11.8. The molecule has 0 heterocycles. The fourth-order valence-corrected chi connectivity index (χ4v) is 2.55. The van der Waals surface area contributed by atoms with Gasteiger partial charge in [0.1, 0.15) is 11.4 Å². The first kappa shape index (κ1) is 21.3. The summed E-state index contributed by atoms with van der Waals surface area (Å²) < 4.78 is 15.9. The molecule has 148 valence electrons. The van der Waals surface area contributed by atoms with E-state index in [-0.39, 0.29) is 6.79 Å². The van der Waals surface area contributed by atoms with Gasteiger partial charge in [-0.05, 0) is 62.6 Å². The lowest BCUT2D eigenvalue weighted by molar-refractivity contribution is 0.0513. The zero-order valence-corrected chi connectivity index (χ0v) is 16.7. The van der Waals surface area contributed by atoms with E-state index in [9.17, 15) is 4.79 Å². The first-order chi connectivity index (χ1) is 13.3. The Morgan fingerprint density at radius 2 is 1.86 bits per heavy atom. The molecule has 1 N–H and O–H groups in total. The van der Waals surface area contributed by atoms with Gasteiger partial charge in [-0.1, -0.05) is 18.2 Å². The highest BCUT2D eigenvalue weighted by molar-refractivity contribution is 5.72. The number of benzene rings is 2. The molecule has 2 aromatic carbocycles. The van der Waals surface area contributed by atoms with E-state index in [0.717, 1.165) is 16.7 Å². The number of nitriles is 1. The maximum atomic E-state index is 11.8. The molecule has 0 saturated heterocycles. The van der Waals surface area contributed by atoms with Gasteiger partial charge in [0.05, 0.1) is 11.6 Å². The smallest absolute Gasteiger partial charge is 0.407 e. The summed E-state index contributed by atoms with van der Waals surface area (Å²) in [7, 11) is 1.57. The molecule has 0 atom stereocenters. The van der Waals surface area contributed by atoms with Gasteiger partial charge in [-0.15, -0.1) is 0 Å². The van der Waals surface area contributed by atoms with Crippen molar-refractivity contribution in [2.24, 2.45) is 0 Å². The lowest BCUT2D eigenvalue weighted by Crippen LogP contribution is -2.33. The number of ether oxygens (including phenoxy) is 3. The van der Waals surface area contributed by atoms with Crippen molar-refractivity contribution in [2.45, 2.75) is 32.8 Å². The van der Waals surface area contributed by atoms with Crippen molar-refractivity contribution >= 4 is 6.09 Å². The van der Waals surface area contributed by atoms with E-state index in [0.29, 0.717) is 24.3 Å². The SMILES string of the molecule is COCOc1ccc(CCNC(=O)OC(C)(C)C)cc1-c1ccc(C#N)cc1. The van der Waals surface area contributed by atoms with Crippen molar-refractivity contribution in [3.63, 3.8) is 0 Å². The third-order valence-electron chi connectivity index (χ3n) is 3.78. The summed E-state index contributed by atoms with van der Waals surface area (Å²) in [6.45, 7) is 6.09. The van der Waals surface area contributed by atoms with E-state index < -0.39 is 11.7 Å². The molecular weight excluding hydrogens is 356 g/mol. The van der Waals surface area contributed by atoms with Gasteiger partial charge >= 0.3 is 6.09 Å². The Kier molecular flexibility index (Phi) is 7.42. The second kappa shape index (κ2) is 9.77. The van der Waals surface area contributed by atoms with Crippen LogP contribution < -0.4 is 10.1 Å². The second-order valence-corrected chi connectivity index (χ2v) is 7.25. The highest BCUT2D eigenvalue weighted by atomic mass is 16.7. The van der Waals surface area contributed by atoms with E-state index in [1.165, 1.54) is 0 Å². The molecule has 0 unspecified atom stereocenters. The van der Waals surface area contributed by atoms with Crippen LogP contribution in [0, 0.1) is 11.3 Å². The molecule has 0 radical (unpaired) electrons. The molecule has 1 amide bonds. The maximum Gasteiger partial charge on any atom is 0.407 e. The van der Waals surface area contributed by atoms with Crippen LogP contribution in [-0.2, 0) is 15.9 Å². The molecular formula is C22H26N2O4. The third-order valence-corrected chi connectivity index (χ3v) is 3.78. The normalized spacial score (nSPS) is 10.8. The number of carbonyl (C=O) groups excluding carboxylic acids is 1. The quantitative estimate of drug-likeness (QED) is 0.723. The Morgan fingerprint density at radius 3 is 2.46 bits per heavy atom. The Morgan fingerprint density at radius 1 is 1.14 bits per heavy atom. The van der Waals surface area contributed by atoms with Crippen molar-refractivity contribution < 1.29 is 19.0 Å². The highest BCUT2D eigenvalue weighted by Gasteiger charge is 2.15. The van der Waals surface area contributed by atoms with Gasteiger partial charge in [0.25, 0.3) is 0 Å². The second-order valence-electron chi connectivity index (χ2n) is 7.25. The van der Waals surface area contributed by atoms with Crippen molar-refractivity contribution in [2.75, 3.05) is 20.4 Å². The number of alkyl carbamates (subject to hydrolysis) is 1. The zero-order chi connectivity index (χ0) is 20.6. The summed E-state index contributed by atoms with van der Waals surface area (Å²) in [4.78, 5) is 11.8. The highest BCUT2D eigenvalue weighted by Crippen LogP contribution is 2.31. The molecule has 0 fully saturated rings. The van der Waals surface area contributed by atoms with Crippen LogP contribution in [0.15, 0.2) is 42.5 Å². The van der Waals surface area contributed by atoms with Gasteiger partial charge in [0, 0.05) is 19.2 Å². The molecule has 0 bridgehead atoms. The Labute approximate surface area is 166 Å². The van der Waals surface area contributed by atoms with Crippen molar-refractivity contribution in [1.29, 1.82) is 5.26 Å². The van der Waals surface area contributed by atoms with E-state index in [4.69, 9.17) is 19.5 Å². The number of hydrogen-bond acceptors (Lipinski definition) is 5. The predicted octanol–water partition coefficient (Wildman–Crippen LogP) is 4.28. The van der Waals surface area contributed by atoms with Crippen LogP contribution in [0.1, 0.15) is 31.9 Å². The first-order valence-corrected chi connectivity index (χ1v) is 9.04. The molecule has 6 heteroatoms. The summed E-state index contributed by atoms with van der Waals surface area (Å²) in [6.07, 6.45) is 0.215. The number of nitrogens with one attached hydrogen (secondary N) is 1. The van der Waals surface area contributed by atoms with Crippen LogP contribution in [0.25, 0.3) is 11.1 Å². The summed E-state index contributed by atoms with van der Waals surface area (Å²) in [6, 6.07) is 15.3. The van der Waals surface area contributed by atoms with Crippen LogP contribution in [0.5, 0.6) is 5.75 Å². The Bertz CT molecular complexity index is 833. The minimum absolute atomic E-state index is 0.142. The van der Waals surface area contributed by atoms with Gasteiger partial charge in [-0.2, -0.15) is 5.26 Å². The van der Waals surface area contributed by atoms with E-state index in [1.54, 1.807) is 19.2 Å². The molecule has 0 aliphatic carbocycles. The van der Waals surface area contributed by atoms with Gasteiger partial charge < -0.3 is 19.5 Å². The van der Waals surface area contributed by atoms with E-state index in [2.05, 4.69) is 11.4 Å². The molecule has 0 aliphatic heterocycles. The summed E-state index contributed by atoms with van der Waals surface area (Å²) >= 11 is 0. The Balaban J connectivity index is 2.13. The molecule has 0 aliphatic rings. The zero-order valence-electron chi connectivity index (χ0n) is 16.7. The van der Waals surface area contributed by atoms with Crippen LogP contribution in [-0.4, -0.2) is 32.1 Å². The van der Waals surface area contributed by atoms with Gasteiger partial charge in [-0.25, -0.2) is 4.79 Å². The van der Waals surface area contributed by atoms with Crippen LogP contribution in [0.2, 0.25) is 0 Å².